The maximum absolute atomic E-state index is 13.0. The number of sulfone groups is 1. The zero-order chi connectivity index (χ0) is 27.4. The van der Waals surface area contributed by atoms with E-state index in [1.54, 1.807) is 0 Å². The van der Waals surface area contributed by atoms with E-state index in [9.17, 15) is 36.0 Å². The summed E-state index contributed by atoms with van der Waals surface area (Å²) >= 11 is 0. The van der Waals surface area contributed by atoms with Gasteiger partial charge in [-0.05, 0) is 61.7 Å². The molecule has 1 fully saturated rings. The van der Waals surface area contributed by atoms with Crippen LogP contribution in [0.15, 0.2) is 47.4 Å². The number of carbonyl (C=O) groups excluding carboxylic acids is 3. The highest BCUT2D eigenvalue weighted by molar-refractivity contribution is 7.90. The number of hydrogen-bond acceptors (Lipinski definition) is 5. The van der Waals surface area contributed by atoms with Crippen molar-refractivity contribution in [3.05, 3.63) is 64.7 Å². The molecule has 0 bridgehead atoms. The summed E-state index contributed by atoms with van der Waals surface area (Å²) in [7, 11) is -3.39. The molecule has 8 nitrogen and oxygen atoms in total. The zero-order valence-corrected chi connectivity index (χ0v) is 21.1. The van der Waals surface area contributed by atoms with Crippen LogP contribution in [0.5, 0.6) is 0 Å². The van der Waals surface area contributed by atoms with Crippen LogP contribution in [0.4, 0.5) is 13.2 Å². The lowest BCUT2D eigenvalue weighted by molar-refractivity contribution is -0.137. The maximum Gasteiger partial charge on any atom is 0.416 e. The van der Waals surface area contributed by atoms with Crippen LogP contribution in [0.3, 0.4) is 0 Å². The van der Waals surface area contributed by atoms with Crippen LogP contribution >= 0.6 is 0 Å². The Labute approximate surface area is 212 Å². The molecule has 0 radical (unpaired) electrons. The fraction of sp³-hybridized carbons (Fsp3) is 0.400. The fourth-order valence-electron chi connectivity index (χ4n) is 4.14. The van der Waals surface area contributed by atoms with E-state index >= 15 is 0 Å². The Bertz CT molecular complexity index is 1280. The SMILES string of the molecule is Cc1ccc(C(F)(F)F)cc1C(=O)NCC(=O)N[C@H]1CCCC[C@H]1NC(=O)c1ccc(S(C)(=O)=O)cc1. The highest BCUT2D eigenvalue weighted by atomic mass is 32.2. The van der Waals surface area contributed by atoms with Crippen molar-refractivity contribution < 1.29 is 36.0 Å². The molecule has 2 atom stereocenters. The van der Waals surface area contributed by atoms with E-state index in [4.69, 9.17) is 0 Å². The van der Waals surface area contributed by atoms with Crippen molar-refractivity contribution in [1.82, 2.24) is 16.0 Å². The molecule has 0 spiro atoms. The molecule has 3 N–H and O–H groups in total. The molecule has 0 saturated heterocycles. The summed E-state index contributed by atoms with van der Waals surface area (Å²) in [6.07, 6.45) is -0.693. The van der Waals surface area contributed by atoms with E-state index < -0.39 is 51.9 Å². The largest absolute Gasteiger partial charge is 0.416 e. The molecule has 0 heterocycles. The van der Waals surface area contributed by atoms with Gasteiger partial charge in [-0.3, -0.25) is 14.4 Å². The van der Waals surface area contributed by atoms with Gasteiger partial charge in [-0.25, -0.2) is 8.42 Å². The van der Waals surface area contributed by atoms with Gasteiger partial charge >= 0.3 is 6.18 Å². The lowest BCUT2D eigenvalue weighted by Gasteiger charge is -2.33. The Morgan fingerprint density at radius 2 is 1.51 bits per heavy atom. The molecule has 2 aromatic carbocycles. The molecule has 0 aliphatic heterocycles. The van der Waals surface area contributed by atoms with Crippen molar-refractivity contribution in [3.8, 4) is 0 Å². The van der Waals surface area contributed by atoms with Gasteiger partial charge in [-0.15, -0.1) is 0 Å². The number of halogens is 3. The smallest absolute Gasteiger partial charge is 0.350 e. The van der Waals surface area contributed by atoms with Crippen LogP contribution in [0, 0.1) is 6.92 Å². The number of amides is 3. The summed E-state index contributed by atoms with van der Waals surface area (Å²) < 4.78 is 62.2. The van der Waals surface area contributed by atoms with E-state index in [1.165, 1.54) is 37.3 Å². The first-order valence-electron chi connectivity index (χ1n) is 11.6. The van der Waals surface area contributed by atoms with Crippen molar-refractivity contribution in [1.29, 1.82) is 0 Å². The van der Waals surface area contributed by atoms with Gasteiger partial charge in [0.1, 0.15) is 0 Å². The lowest BCUT2D eigenvalue weighted by atomic mass is 9.90. The molecule has 12 heteroatoms. The van der Waals surface area contributed by atoms with Crippen LogP contribution in [0.2, 0.25) is 0 Å². The number of nitrogens with one attached hydrogen (secondary N) is 3. The van der Waals surface area contributed by atoms with Crippen LogP contribution in [0.1, 0.15) is 57.5 Å². The molecule has 200 valence electrons. The third kappa shape index (κ3) is 7.54. The monoisotopic (exact) mass is 539 g/mol. The Morgan fingerprint density at radius 3 is 2.08 bits per heavy atom. The Balaban J connectivity index is 1.58. The summed E-state index contributed by atoms with van der Waals surface area (Å²) in [5, 5.41) is 8.01. The topological polar surface area (TPSA) is 121 Å². The van der Waals surface area contributed by atoms with E-state index in [1.807, 2.05) is 0 Å². The number of rotatable bonds is 7. The average Bonchev–Trinajstić information content (AvgIpc) is 2.83. The van der Waals surface area contributed by atoms with Gasteiger partial charge in [0.25, 0.3) is 11.8 Å². The van der Waals surface area contributed by atoms with Crippen LogP contribution in [0.25, 0.3) is 0 Å². The Kier molecular flexibility index (Phi) is 8.62. The van der Waals surface area contributed by atoms with Crippen molar-refractivity contribution in [2.24, 2.45) is 0 Å². The molecule has 0 aromatic heterocycles. The van der Waals surface area contributed by atoms with Gasteiger partial charge in [-0.2, -0.15) is 13.2 Å². The Morgan fingerprint density at radius 1 is 0.919 bits per heavy atom. The molecular formula is C25H28F3N3O5S. The van der Waals surface area contributed by atoms with E-state index in [-0.39, 0.29) is 22.1 Å². The van der Waals surface area contributed by atoms with Crippen molar-refractivity contribution in [2.75, 3.05) is 12.8 Å². The number of alkyl halides is 3. The third-order valence-corrected chi connectivity index (χ3v) is 7.32. The zero-order valence-electron chi connectivity index (χ0n) is 20.3. The summed E-state index contributed by atoms with van der Waals surface area (Å²) in [5.74, 6) is -1.76. The van der Waals surface area contributed by atoms with Crippen molar-refractivity contribution in [2.45, 2.75) is 55.8 Å². The van der Waals surface area contributed by atoms with Crippen LogP contribution in [-0.2, 0) is 20.8 Å². The average molecular weight is 540 g/mol. The third-order valence-electron chi connectivity index (χ3n) is 6.19. The first kappa shape index (κ1) is 28.2. The number of benzene rings is 2. The molecule has 3 amide bonds. The highest BCUT2D eigenvalue weighted by Gasteiger charge is 2.32. The van der Waals surface area contributed by atoms with Crippen LogP contribution in [-0.4, -0.2) is 51.0 Å². The fourth-order valence-corrected chi connectivity index (χ4v) is 4.77. The first-order valence-corrected chi connectivity index (χ1v) is 13.5. The van der Waals surface area contributed by atoms with E-state index in [0.29, 0.717) is 18.4 Å². The normalized spacial score (nSPS) is 18.1. The van der Waals surface area contributed by atoms with Crippen LogP contribution < -0.4 is 16.0 Å². The van der Waals surface area contributed by atoms with Gasteiger partial charge < -0.3 is 16.0 Å². The van der Waals surface area contributed by atoms with Gasteiger partial charge in [0, 0.05) is 29.5 Å². The standard InChI is InChI=1S/C25H28F3N3O5S/c1-15-7-10-17(25(26,27)28)13-19(15)24(34)29-14-22(32)30-20-5-3-4-6-21(20)31-23(33)16-8-11-18(12-9-16)37(2,35)36/h7-13,20-21H,3-6,14H2,1-2H3,(H,29,34)(H,30,32)(H,31,33)/t20-,21+/m0/s1. The van der Waals surface area contributed by atoms with Crippen molar-refractivity contribution >= 4 is 27.6 Å². The quantitative estimate of drug-likeness (QED) is 0.500. The second-order valence-electron chi connectivity index (χ2n) is 9.05. The van der Waals surface area contributed by atoms with Crippen molar-refractivity contribution in [3.63, 3.8) is 0 Å². The predicted octanol–water partition coefficient (Wildman–Crippen LogP) is 3.00. The highest BCUT2D eigenvalue weighted by Crippen LogP contribution is 2.30. The molecule has 3 rings (SSSR count). The Hall–Kier alpha value is -3.41. The number of aryl methyl sites for hydroxylation is 1. The second-order valence-corrected chi connectivity index (χ2v) is 11.1. The molecule has 1 aliphatic carbocycles. The maximum atomic E-state index is 13.0. The van der Waals surface area contributed by atoms with Gasteiger partial charge in [0.2, 0.25) is 5.91 Å². The molecule has 2 aromatic rings. The first-order chi connectivity index (χ1) is 17.3. The summed E-state index contributed by atoms with van der Waals surface area (Å²) in [6, 6.07) is 7.55. The summed E-state index contributed by atoms with van der Waals surface area (Å²) in [4.78, 5) is 37.7. The molecular weight excluding hydrogens is 511 g/mol. The lowest BCUT2D eigenvalue weighted by Crippen LogP contribution is -2.54. The molecule has 1 aliphatic rings. The number of carbonyl (C=O) groups is 3. The molecule has 0 unspecified atom stereocenters. The second kappa shape index (κ2) is 11.3. The van der Waals surface area contributed by atoms with Gasteiger partial charge in [-0.1, -0.05) is 18.9 Å². The predicted molar refractivity (Wildman–Crippen MR) is 130 cm³/mol. The van der Waals surface area contributed by atoms with E-state index in [2.05, 4.69) is 16.0 Å². The summed E-state index contributed by atoms with van der Waals surface area (Å²) in [5.41, 5.74) is -0.524. The molecule has 1 saturated carbocycles. The summed E-state index contributed by atoms with van der Waals surface area (Å²) in [6.45, 7) is 1.05. The van der Waals surface area contributed by atoms with E-state index in [0.717, 1.165) is 31.2 Å². The number of hydrogen-bond donors (Lipinski definition) is 3. The minimum Gasteiger partial charge on any atom is -0.350 e. The minimum absolute atomic E-state index is 0.0919. The molecule has 37 heavy (non-hydrogen) atoms. The van der Waals surface area contributed by atoms with Gasteiger partial charge in [0.15, 0.2) is 9.84 Å². The minimum atomic E-state index is -4.60. The van der Waals surface area contributed by atoms with Gasteiger partial charge in [0.05, 0.1) is 17.0 Å².